The molecule has 1 amide bonds. The van der Waals surface area contributed by atoms with E-state index in [0.717, 1.165) is 30.7 Å². The number of aromatic nitrogens is 2. The van der Waals surface area contributed by atoms with E-state index in [0.29, 0.717) is 17.8 Å². The Morgan fingerprint density at radius 3 is 2.61 bits per heavy atom. The van der Waals surface area contributed by atoms with Gasteiger partial charge in [0.1, 0.15) is 5.69 Å². The number of likely N-dealkylation sites (N-methyl/N-ethyl adjacent to an activating group) is 1. The average molecular weight is 375 g/mol. The Kier molecular flexibility index (Phi) is 5.26. The maximum Gasteiger partial charge on any atom is 0.257 e. The molecular formula is C23H25N3O2. The first-order valence-corrected chi connectivity index (χ1v) is 9.71. The van der Waals surface area contributed by atoms with Gasteiger partial charge in [0.05, 0.1) is 17.4 Å². The lowest BCUT2D eigenvalue weighted by Gasteiger charge is -2.20. The summed E-state index contributed by atoms with van der Waals surface area (Å²) in [6.07, 6.45) is 4.03. The summed E-state index contributed by atoms with van der Waals surface area (Å²) in [6.45, 7) is 3.44. The van der Waals surface area contributed by atoms with Crippen molar-refractivity contribution in [3.8, 4) is 16.9 Å². The van der Waals surface area contributed by atoms with Crippen LogP contribution in [0.5, 0.6) is 0 Å². The molecule has 0 saturated carbocycles. The molecule has 1 aliphatic heterocycles. The molecule has 1 aromatic heterocycles. The van der Waals surface area contributed by atoms with Gasteiger partial charge in [-0.15, -0.1) is 0 Å². The zero-order valence-corrected chi connectivity index (χ0v) is 16.3. The number of hydrogen-bond donors (Lipinski definition) is 0. The van der Waals surface area contributed by atoms with Gasteiger partial charge in [0.25, 0.3) is 5.91 Å². The van der Waals surface area contributed by atoms with Gasteiger partial charge >= 0.3 is 0 Å². The standard InChI is InChI=1S/C23H25N3O2/c1-17-10-12-19(13-11-17)26-16-21(22(24-26)18-7-4-3-5-8-18)23(27)25(2)15-20-9-6-14-28-20/h3-5,7-8,10-13,16,20H,6,9,14-15H2,1-2H3. The van der Waals surface area contributed by atoms with Crippen molar-refractivity contribution in [3.05, 3.63) is 71.9 Å². The molecule has 4 rings (SSSR count). The van der Waals surface area contributed by atoms with E-state index in [1.807, 2.05) is 67.8 Å². The maximum absolute atomic E-state index is 13.2. The van der Waals surface area contributed by atoms with E-state index in [-0.39, 0.29) is 12.0 Å². The molecule has 1 atom stereocenters. The third-order valence-electron chi connectivity index (χ3n) is 5.14. The van der Waals surface area contributed by atoms with Crippen LogP contribution in [0.25, 0.3) is 16.9 Å². The topological polar surface area (TPSA) is 47.4 Å². The molecule has 2 aromatic carbocycles. The summed E-state index contributed by atoms with van der Waals surface area (Å²) >= 11 is 0. The molecule has 3 aromatic rings. The molecule has 0 radical (unpaired) electrons. The molecule has 1 fully saturated rings. The maximum atomic E-state index is 13.2. The van der Waals surface area contributed by atoms with Crippen molar-refractivity contribution in [2.24, 2.45) is 0 Å². The Balaban J connectivity index is 1.69. The van der Waals surface area contributed by atoms with Crippen molar-refractivity contribution < 1.29 is 9.53 Å². The summed E-state index contributed by atoms with van der Waals surface area (Å²) in [5.74, 6) is -0.0345. The van der Waals surface area contributed by atoms with Crippen LogP contribution in [0.2, 0.25) is 0 Å². The van der Waals surface area contributed by atoms with Crippen LogP contribution in [0.15, 0.2) is 60.8 Å². The Labute approximate surface area is 165 Å². The summed E-state index contributed by atoms with van der Waals surface area (Å²) in [5, 5.41) is 4.75. The van der Waals surface area contributed by atoms with Gasteiger partial charge in [0.15, 0.2) is 0 Å². The van der Waals surface area contributed by atoms with Gasteiger partial charge in [-0.1, -0.05) is 48.0 Å². The molecule has 5 nitrogen and oxygen atoms in total. The van der Waals surface area contributed by atoms with Crippen LogP contribution in [0.3, 0.4) is 0 Å². The molecule has 0 bridgehead atoms. The molecule has 1 unspecified atom stereocenters. The summed E-state index contributed by atoms with van der Waals surface area (Å²) in [5.41, 5.74) is 4.36. The number of benzene rings is 2. The highest BCUT2D eigenvalue weighted by molar-refractivity contribution is 5.99. The zero-order valence-electron chi connectivity index (χ0n) is 16.3. The lowest BCUT2D eigenvalue weighted by Crippen LogP contribution is -2.34. The normalized spacial score (nSPS) is 16.3. The van der Waals surface area contributed by atoms with Crippen LogP contribution in [-0.2, 0) is 4.74 Å². The SMILES string of the molecule is Cc1ccc(-n2cc(C(=O)N(C)CC3CCCO3)c(-c3ccccc3)n2)cc1. The third kappa shape index (κ3) is 3.85. The molecule has 1 aliphatic rings. The number of aryl methyl sites for hydroxylation is 1. The molecule has 0 aliphatic carbocycles. The van der Waals surface area contributed by atoms with E-state index in [2.05, 4.69) is 6.92 Å². The van der Waals surface area contributed by atoms with Gasteiger partial charge in [-0.2, -0.15) is 5.10 Å². The van der Waals surface area contributed by atoms with Crippen LogP contribution < -0.4 is 0 Å². The Morgan fingerprint density at radius 2 is 1.93 bits per heavy atom. The minimum absolute atomic E-state index is 0.0345. The van der Waals surface area contributed by atoms with Gasteiger partial charge < -0.3 is 9.64 Å². The molecule has 1 saturated heterocycles. The molecule has 144 valence electrons. The number of rotatable bonds is 5. The predicted octanol–water partition coefficient (Wildman–Crippen LogP) is 4.10. The fourth-order valence-electron chi connectivity index (χ4n) is 3.55. The van der Waals surface area contributed by atoms with Crippen molar-refractivity contribution in [2.75, 3.05) is 20.2 Å². The molecule has 28 heavy (non-hydrogen) atoms. The first-order chi connectivity index (χ1) is 13.6. The van der Waals surface area contributed by atoms with Crippen molar-refractivity contribution in [2.45, 2.75) is 25.9 Å². The monoisotopic (exact) mass is 375 g/mol. The van der Waals surface area contributed by atoms with Crippen LogP contribution in [0.1, 0.15) is 28.8 Å². The largest absolute Gasteiger partial charge is 0.376 e. The van der Waals surface area contributed by atoms with Crippen molar-refractivity contribution in [3.63, 3.8) is 0 Å². The highest BCUT2D eigenvalue weighted by Gasteiger charge is 2.25. The number of carbonyl (C=O) groups excluding carboxylic acids is 1. The fraction of sp³-hybridized carbons (Fsp3) is 0.304. The van der Waals surface area contributed by atoms with Gasteiger partial charge in [-0.05, 0) is 31.9 Å². The second kappa shape index (κ2) is 7.98. The molecular weight excluding hydrogens is 350 g/mol. The van der Waals surface area contributed by atoms with E-state index < -0.39 is 0 Å². The lowest BCUT2D eigenvalue weighted by molar-refractivity contribution is 0.0587. The Hall–Kier alpha value is -2.92. The van der Waals surface area contributed by atoms with Crippen LogP contribution >= 0.6 is 0 Å². The fourth-order valence-corrected chi connectivity index (χ4v) is 3.55. The van der Waals surface area contributed by atoms with Crippen LogP contribution in [0, 0.1) is 6.92 Å². The second-order valence-corrected chi connectivity index (χ2v) is 7.36. The van der Waals surface area contributed by atoms with Crippen molar-refractivity contribution in [1.82, 2.24) is 14.7 Å². The van der Waals surface area contributed by atoms with Gasteiger partial charge in [-0.3, -0.25) is 4.79 Å². The van der Waals surface area contributed by atoms with Crippen LogP contribution in [-0.4, -0.2) is 46.9 Å². The van der Waals surface area contributed by atoms with E-state index in [4.69, 9.17) is 9.84 Å². The lowest BCUT2D eigenvalue weighted by atomic mass is 10.1. The second-order valence-electron chi connectivity index (χ2n) is 7.36. The number of ether oxygens (including phenoxy) is 1. The first-order valence-electron chi connectivity index (χ1n) is 9.71. The van der Waals surface area contributed by atoms with Crippen LogP contribution in [0.4, 0.5) is 0 Å². The molecule has 2 heterocycles. The highest BCUT2D eigenvalue weighted by Crippen LogP contribution is 2.25. The average Bonchev–Trinajstić information content (AvgIpc) is 3.38. The molecule has 0 N–H and O–H groups in total. The van der Waals surface area contributed by atoms with Gasteiger partial charge in [0, 0.05) is 32.0 Å². The third-order valence-corrected chi connectivity index (χ3v) is 5.14. The predicted molar refractivity (Wildman–Crippen MR) is 110 cm³/mol. The van der Waals surface area contributed by atoms with E-state index >= 15 is 0 Å². The Morgan fingerprint density at radius 1 is 1.18 bits per heavy atom. The summed E-state index contributed by atoms with van der Waals surface area (Å²) in [6, 6.07) is 18.0. The quantitative estimate of drug-likeness (QED) is 0.675. The first kappa shape index (κ1) is 18.4. The summed E-state index contributed by atoms with van der Waals surface area (Å²) in [4.78, 5) is 15.0. The Bertz CT molecular complexity index is 942. The smallest absolute Gasteiger partial charge is 0.257 e. The summed E-state index contributed by atoms with van der Waals surface area (Å²) < 4.78 is 7.48. The van der Waals surface area contributed by atoms with Gasteiger partial charge in [0.2, 0.25) is 0 Å². The number of nitrogens with zero attached hydrogens (tertiary/aromatic N) is 3. The van der Waals surface area contributed by atoms with Crippen molar-refractivity contribution >= 4 is 5.91 Å². The van der Waals surface area contributed by atoms with E-state index in [1.54, 1.807) is 9.58 Å². The minimum atomic E-state index is -0.0345. The van der Waals surface area contributed by atoms with Gasteiger partial charge in [-0.25, -0.2) is 4.68 Å². The minimum Gasteiger partial charge on any atom is -0.376 e. The zero-order chi connectivity index (χ0) is 19.5. The highest BCUT2D eigenvalue weighted by atomic mass is 16.5. The number of amides is 1. The van der Waals surface area contributed by atoms with E-state index in [1.165, 1.54) is 5.56 Å². The molecule has 5 heteroatoms. The van der Waals surface area contributed by atoms with E-state index in [9.17, 15) is 4.79 Å². The summed E-state index contributed by atoms with van der Waals surface area (Å²) in [7, 11) is 1.84. The number of hydrogen-bond acceptors (Lipinski definition) is 3. The molecule has 0 spiro atoms. The van der Waals surface area contributed by atoms with Crippen molar-refractivity contribution in [1.29, 1.82) is 0 Å². The number of carbonyl (C=O) groups is 1.